The Balaban J connectivity index is 1.94. The highest BCUT2D eigenvalue weighted by Gasteiger charge is 2.14. The third kappa shape index (κ3) is 4.13. The highest BCUT2D eigenvalue weighted by Crippen LogP contribution is 2.32. The van der Waals surface area contributed by atoms with E-state index in [2.05, 4.69) is 0 Å². The fourth-order valence-corrected chi connectivity index (χ4v) is 2.10. The molecule has 4 heteroatoms. The minimum Gasteiger partial charge on any atom is -0.496 e. The SMILES string of the molecule is COc1cccc(OCCOc2ccccc2)c1C(C)N. The molecule has 0 aliphatic heterocycles. The van der Waals surface area contributed by atoms with Crippen LogP contribution in [0.15, 0.2) is 48.5 Å². The molecule has 0 aromatic heterocycles. The molecule has 2 N–H and O–H groups in total. The molecule has 2 rings (SSSR count). The van der Waals surface area contributed by atoms with Crippen LogP contribution < -0.4 is 19.9 Å². The summed E-state index contributed by atoms with van der Waals surface area (Å²) in [7, 11) is 1.63. The topological polar surface area (TPSA) is 53.7 Å². The fourth-order valence-electron chi connectivity index (χ4n) is 2.10. The van der Waals surface area contributed by atoms with Crippen molar-refractivity contribution in [1.82, 2.24) is 0 Å². The van der Waals surface area contributed by atoms with Crippen LogP contribution in [0.3, 0.4) is 0 Å². The van der Waals surface area contributed by atoms with Crippen LogP contribution in [0.25, 0.3) is 0 Å². The first-order valence-electron chi connectivity index (χ1n) is 6.95. The van der Waals surface area contributed by atoms with Crippen molar-refractivity contribution in [1.29, 1.82) is 0 Å². The van der Waals surface area contributed by atoms with E-state index in [0.717, 1.165) is 22.8 Å². The summed E-state index contributed by atoms with van der Waals surface area (Å²) in [6.45, 7) is 2.83. The van der Waals surface area contributed by atoms with Crippen LogP contribution in [-0.4, -0.2) is 20.3 Å². The van der Waals surface area contributed by atoms with Crippen molar-refractivity contribution in [2.24, 2.45) is 5.73 Å². The summed E-state index contributed by atoms with van der Waals surface area (Å²) in [6, 6.07) is 15.2. The molecule has 0 saturated carbocycles. The van der Waals surface area contributed by atoms with Crippen molar-refractivity contribution in [2.75, 3.05) is 20.3 Å². The second-order valence-electron chi connectivity index (χ2n) is 4.67. The van der Waals surface area contributed by atoms with Gasteiger partial charge in [-0.05, 0) is 31.2 Å². The van der Waals surface area contributed by atoms with Crippen LogP contribution in [0.2, 0.25) is 0 Å². The fraction of sp³-hybridized carbons (Fsp3) is 0.294. The lowest BCUT2D eigenvalue weighted by atomic mass is 10.1. The quantitative estimate of drug-likeness (QED) is 0.795. The van der Waals surface area contributed by atoms with Crippen molar-refractivity contribution in [3.05, 3.63) is 54.1 Å². The summed E-state index contributed by atoms with van der Waals surface area (Å²) < 4.78 is 16.7. The maximum absolute atomic E-state index is 5.99. The third-order valence-electron chi connectivity index (χ3n) is 3.05. The van der Waals surface area contributed by atoms with Gasteiger partial charge in [-0.25, -0.2) is 0 Å². The Bertz CT molecular complexity index is 555. The van der Waals surface area contributed by atoms with Crippen LogP contribution in [0, 0.1) is 0 Å². The Hall–Kier alpha value is -2.20. The average molecular weight is 287 g/mol. The van der Waals surface area contributed by atoms with Crippen LogP contribution in [0.4, 0.5) is 0 Å². The molecular weight excluding hydrogens is 266 g/mol. The van der Waals surface area contributed by atoms with E-state index in [1.807, 2.05) is 55.5 Å². The van der Waals surface area contributed by atoms with Crippen LogP contribution in [0.1, 0.15) is 18.5 Å². The van der Waals surface area contributed by atoms with Gasteiger partial charge in [0.2, 0.25) is 0 Å². The van der Waals surface area contributed by atoms with Crippen LogP contribution >= 0.6 is 0 Å². The van der Waals surface area contributed by atoms with E-state index in [4.69, 9.17) is 19.9 Å². The molecule has 0 aliphatic rings. The molecule has 0 bridgehead atoms. The molecule has 2 aromatic carbocycles. The Labute approximate surface area is 125 Å². The van der Waals surface area contributed by atoms with Gasteiger partial charge in [-0.1, -0.05) is 24.3 Å². The predicted octanol–water partition coefficient (Wildman–Crippen LogP) is 3.17. The zero-order valence-electron chi connectivity index (χ0n) is 12.4. The predicted molar refractivity (Wildman–Crippen MR) is 83.0 cm³/mol. The summed E-state index contributed by atoms with van der Waals surface area (Å²) in [5.41, 5.74) is 6.87. The standard InChI is InChI=1S/C17H21NO3/c1-13(18)17-15(19-2)9-6-10-16(17)21-12-11-20-14-7-4-3-5-8-14/h3-10,13H,11-12,18H2,1-2H3. The maximum Gasteiger partial charge on any atom is 0.127 e. The molecule has 0 spiro atoms. The molecule has 0 amide bonds. The summed E-state index contributed by atoms with van der Waals surface area (Å²) in [5, 5.41) is 0. The Morgan fingerprint density at radius 3 is 2.24 bits per heavy atom. The first kappa shape index (κ1) is 15.2. The number of rotatable bonds is 7. The largest absolute Gasteiger partial charge is 0.496 e. The summed E-state index contributed by atoms with van der Waals surface area (Å²) in [6.07, 6.45) is 0. The molecule has 21 heavy (non-hydrogen) atoms. The van der Waals surface area contributed by atoms with Gasteiger partial charge in [0.15, 0.2) is 0 Å². The van der Waals surface area contributed by atoms with E-state index < -0.39 is 0 Å². The summed E-state index contributed by atoms with van der Waals surface area (Å²) >= 11 is 0. The second kappa shape index (κ2) is 7.55. The molecule has 2 aromatic rings. The first-order chi connectivity index (χ1) is 10.2. The molecule has 1 atom stereocenters. The first-order valence-corrected chi connectivity index (χ1v) is 6.95. The van der Waals surface area contributed by atoms with E-state index in [1.54, 1.807) is 7.11 Å². The molecule has 112 valence electrons. The van der Waals surface area contributed by atoms with Crippen molar-refractivity contribution in [2.45, 2.75) is 13.0 Å². The van der Waals surface area contributed by atoms with E-state index in [-0.39, 0.29) is 6.04 Å². The monoisotopic (exact) mass is 287 g/mol. The highest BCUT2D eigenvalue weighted by molar-refractivity contribution is 5.46. The maximum atomic E-state index is 5.99. The number of para-hydroxylation sites is 1. The summed E-state index contributed by atoms with van der Waals surface area (Å²) in [4.78, 5) is 0. The minimum absolute atomic E-state index is 0.161. The molecule has 0 fully saturated rings. The van der Waals surface area contributed by atoms with Crippen LogP contribution in [-0.2, 0) is 0 Å². The van der Waals surface area contributed by atoms with E-state index in [1.165, 1.54) is 0 Å². The van der Waals surface area contributed by atoms with Gasteiger partial charge in [0.05, 0.1) is 12.7 Å². The lowest BCUT2D eigenvalue weighted by Crippen LogP contribution is -2.13. The van der Waals surface area contributed by atoms with Gasteiger partial charge < -0.3 is 19.9 Å². The van der Waals surface area contributed by atoms with Gasteiger partial charge in [0.25, 0.3) is 0 Å². The number of hydrogen-bond donors (Lipinski definition) is 1. The number of methoxy groups -OCH3 is 1. The Kier molecular flexibility index (Phi) is 5.46. The molecule has 0 heterocycles. The molecular formula is C17H21NO3. The van der Waals surface area contributed by atoms with Crippen molar-refractivity contribution < 1.29 is 14.2 Å². The molecule has 0 radical (unpaired) electrons. The number of hydrogen-bond acceptors (Lipinski definition) is 4. The molecule has 0 aliphatic carbocycles. The Morgan fingerprint density at radius 2 is 1.57 bits per heavy atom. The van der Waals surface area contributed by atoms with Crippen molar-refractivity contribution >= 4 is 0 Å². The van der Waals surface area contributed by atoms with Gasteiger partial charge in [0.1, 0.15) is 30.5 Å². The van der Waals surface area contributed by atoms with Gasteiger partial charge in [-0.2, -0.15) is 0 Å². The van der Waals surface area contributed by atoms with Crippen molar-refractivity contribution in [3.8, 4) is 17.2 Å². The second-order valence-corrected chi connectivity index (χ2v) is 4.67. The van der Waals surface area contributed by atoms with Gasteiger partial charge >= 0.3 is 0 Å². The lowest BCUT2D eigenvalue weighted by Gasteiger charge is -2.17. The van der Waals surface area contributed by atoms with Crippen LogP contribution in [0.5, 0.6) is 17.2 Å². The minimum atomic E-state index is -0.161. The number of benzene rings is 2. The third-order valence-corrected chi connectivity index (χ3v) is 3.05. The van der Waals surface area contributed by atoms with Gasteiger partial charge in [0, 0.05) is 6.04 Å². The normalized spacial score (nSPS) is 11.8. The zero-order chi connectivity index (χ0) is 15.1. The number of ether oxygens (including phenoxy) is 3. The van der Waals surface area contributed by atoms with Gasteiger partial charge in [-0.15, -0.1) is 0 Å². The van der Waals surface area contributed by atoms with E-state index >= 15 is 0 Å². The zero-order valence-corrected chi connectivity index (χ0v) is 12.4. The lowest BCUT2D eigenvalue weighted by molar-refractivity contribution is 0.214. The molecule has 0 saturated heterocycles. The van der Waals surface area contributed by atoms with E-state index in [9.17, 15) is 0 Å². The smallest absolute Gasteiger partial charge is 0.127 e. The average Bonchev–Trinajstić information content (AvgIpc) is 2.52. The molecule has 4 nitrogen and oxygen atoms in total. The number of nitrogens with two attached hydrogens (primary N) is 1. The van der Waals surface area contributed by atoms with Crippen molar-refractivity contribution in [3.63, 3.8) is 0 Å². The molecule has 1 unspecified atom stereocenters. The Morgan fingerprint density at radius 1 is 0.905 bits per heavy atom. The summed E-state index contributed by atoms with van der Waals surface area (Å²) in [5.74, 6) is 2.31. The van der Waals surface area contributed by atoms with Gasteiger partial charge in [-0.3, -0.25) is 0 Å². The highest BCUT2D eigenvalue weighted by atomic mass is 16.5. The van der Waals surface area contributed by atoms with E-state index in [0.29, 0.717) is 13.2 Å².